The van der Waals surface area contributed by atoms with Crippen LogP contribution in [-0.2, 0) is 19.6 Å². The van der Waals surface area contributed by atoms with E-state index in [1.165, 1.54) is 31.4 Å². The molecule has 122 valence electrons. The van der Waals surface area contributed by atoms with Gasteiger partial charge in [-0.15, -0.1) is 0 Å². The van der Waals surface area contributed by atoms with Gasteiger partial charge in [-0.1, -0.05) is 4.89 Å². The Bertz CT molecular complexity index is 594. The molecule has 1 atom stereocenters. The zero-order valence-electron chi connectivity index (χ0n) is 12.4. The molecule has 0 saturated carbocycles. The van der Waals surface area contributed by atoms with Gasteiger partial charge in [0.1, 0.15) is 0 Å². The number of ether oxygens (including phenoxy) is 1. The summed E-state index contributed by atoms with van der Waals surface area (Å²) in [6.45, 7) is 1.33. The van der Waals surface area contributed by atoms with E-state index in [1.807, 2.05) is 4.89 Å². The number of sulfonamides is 1. The Morgan fingerprint density at radius 1 is 1.36 bits per heavy atom. The minimum atomic E-state index is -3.70. The standard InChI is InChI=1S/C14H20N2O5S/c1-20-16-22(18,19)13-6-4-11(5-7-13)14(17)15-9-8-12-3-2-10-21-12/h4-7,12,16H,2-3,8-10H2,1H3,(H,15,17). The third kappa shape index (κ3) is 4.51. The van der Waals surface area contributed by atoms with Crippen LogP contribution in [0, 0.1) is 0 Å². The van der Waals surface area contributed by atoms with E-state index in [4.69, 9.17) is 4.74 Å². The summed E-state index contributed by atoms with van der Waals surface area (Å²) < 4.78 is 28.8. The third-order valence-electron chi connectivity index (χ3n) is 3.40. The van der Waals surface area contributed by atoms with Crippen molar-refractivity contribution in [3.05, 3.63) is 29.8 Å². The molecule has 1 saturated heterocycles. The molecular weight excluding hydrogens is 308 g/mol. The fourth-order valence-corrected chi connectivity index (χ4v) is 3.07. The van der Waals surface area contributed by atoms with Gasteiger partial charge in [0, 0.05) is 18.7 Å². The van der Waals surface area contributed by atoms with Crippen molar-refractivity contribution >= 4 is 15.9 Å². The Hall–Kier alpha value is -1.48. The van der Waals surface area contributed by atoms with Gasteiger partial charge in [-0.05, 0) is 43.5 Å². The van der Waals surface area contributed by atoms with Crippen molar-refractivity contribution < 1.29 is 22.8 Å². The molecular formula is C14H20N2O5S. The van der Waals surface area contributed by atoms with Gasteiger partial charge < -0.3 is 10.1 Å². The quantitative estimate of drug-likeness (QED) is 0.723. The highest BCUT2D eigenvalue weighted by atomic mass is 32.2. The summed E-state index contributed by atoms with van der Waals surface area (Å²) in [5, 5.41) is 2.80. The molecule has 2 rings (SSSR count). The highest BCUT2D eigenvalue weighted by Crippen LogP contribution is 2.14. The Morgan fingerprint density at radius 2 is 2.09 bits per heavy atom. The second-order valence-electron chi connectivity index (χ2n) is 4.99. The van der Waals surface area contributed by atoms with Crippen LogP contribution < -0.4 is 10.2 Å². The lowest BCUT2D eigenvalue weighted by atomic mass is 10.1. The average molecular weight is 328 g/mol. The molecule has 1 aliphatic heterocycles. The number of amides is 1. The molecule has 1 heterocycles. The summed E-state index contributed by atoms with van der Waals surface area (Å²) in [7, 11) is -2.49. The first kappa shape index (κ1) is 16.9. The van der Waals surface area contributed by atoms with E-state index in [0.29, 0.717) is 12.1 Å². The minimum Gasteiger partial charge on any atom is -0.378 e. The largest absolute Gasteiger partial charge is 0.378 e. The number of hydrogen-bond donors (Lipinski definition) is 2. The molecule has 1 fully saturated rings. The maximum Gasteiger partial charge on any atom is 0.262 e. The SMILES string of the molecule is CONS(=O)(=O)c1ccc(C(=O)NCCC2CCCO2)cc1. The summed E-state index contributed by atoms with van der Waals surface area (Å²) in [6, 6.07) is 5.64. The molecule has 1 unspecified atom stereocenters. The maximum atomic E-state index is 12.0. The maximum absolute atomic E-state index is 12.0. The van der Waals surface area contributed by atoms with Crippen molar-refractivity contribution in [1.82, 2.24) is 10.2 Å². The molecule has 0 aliphatic carbocycles. The van der Waals surface area contributed by atoms with E-state index in [1.54, 1.807) is 0 Å². The first-order valence-corrected chi connectivity index (χ1v) is 8.56. The smallest absolute Gasteiger partial charge is 0.262 e. The Morgan fingerprint density at radius 3 is 2.68 bits per heavy atom. The zero-order chi connectivity index (χ0) is 16.0. The minimum absolute atomic E-state index is 0.0326. The molecule has 8 heteroatoms. The molecule has 0 bridgehead atoms. The van der Waals surface area contributed by atoms with Crippen LogP contribution in [0.1, 0.15) is 29.6 Å². The second-order valence-corrected chi connectivity index (χ2v) is 6.64. The highest BCUT2D eigenvalue weighted by molar-refractivity contribution is 7.89. The summed E-state index contributed by atoms with van der Waals surface area (Å²) >= 11 is 0. The van der Waals surface area contributed by atoms with Crippen molar-refractivity contribution in [3.63, 3.8) is 0 Å². The second kappa shape index (κ2) is 7.68. The molecule has 1 aromatic rings. The van der Waals surface area contributed by atoms with E-state index >= 15 is 0 Å². The lowest BCUT2D eigenvalue weighted by Crippen LogP contribution is -2.27. The molecule has 7 nitrogen and oxygen atoms in total. The lowest BCUT2D eigenvalue weighted by Gasteiger charge is -2.10. The predicted molar refractivity (Wildman–Crippen MR) is 79.7 cm³/mol. The Kier molecular flexibility index (Phi) is 5.90. The molecule has 0 spiro atoms. The summed E-state index contributed by atoms with van der Waals surface area (Å²) in [5.74, 6) is -0.235. The van der Waals surface area contributed by atoms with E-state index in [2.05, 4.69) is 10.2 Å². The zero-order valence-corrected chi connectivity index (χ0v) is 13.2. The van der Waals surface area contributed by atoms with Crippen LogP contribution in [-0.4, -0.2) is 40.7 Å². The van der Waals surface area contributed by atoms with Crippen molar-refractivity contribution in [1.29, 1.82) is 0 Å². The van der Waals surface area contributed by atoms with Gasteiger partial charge >= 0.3 is 0 Å². The number of benzene rings is 1. The van der Waals surface area contributed by atoms with Crippen molar-refractivity contribution in [3.8, 4) is 0 Å². The predicted octanol–water partition coefficient (Wildman–Crippen LogP) is 0.825. The number of carbonyl (C=O) groups is 1. The van der Waals surface area contributed by atoms with Crippen LogP contribution >= 0.6 is 0 Å². The summed E-state index contributed by atoms with van der Waals surface area (Å²) in [4.78, 5) is 18.3. The number of rotatable bonds is 7. The van der Waals surface area contributed by atoms with Crippen LogP contribution in [0.3, 0.4) is 0 Å². The van der Waals surface area contributed by atoms with Gasteiger partial charge in [0.2, 0.25) is 0 Å². The summed E-state index contributed by atoms with van der Waals surface area (Å²) in [5.41, 5.74) is 0.406. The monoisotopic (exact) mass is 328 g/mol. The van der Waals surface area contributed by atoms with Crippen LogP contribution in [0.4, 0.5) is 0 Å². The molecule has 2 N–H and O–H groups in total. The number of nitrogens with one attached hydrogen (secondary N) is 2. The van der Waals surface area contributed by atoms with Gasteiger partial charge in [-0.25, -0.2) is 8.42 Å². The van der Waals surface area contributed by atoms with Gasteiger partial charge in [0.05, 0.1) is 18.1 Å². The molecule has 1 aromatic carbocycles. The normalized spacial score (nSPS) is 18.3. The van der Waals surface area contributed by atoms with E-state index in [9.17, 15) is 13.2 Å². The topological polar surface area (TPSA) is 93.7 Å². The van der Waals surface area contributed by atoms with E-state index < -0.39 is 10.0 Å². The highest BCUT2D eigenvalue weighted by Gasteiger charge is 2.16. The number of hydrogen-bond acceptors (Lipinski definition) is 5. The summed E-state index contributed by atoms with van der Waals surface area (Å²) in [6.07, 6.45) is 3.13. The van der Waals surface area contributed by atoms with Crippen molar-refractivity contribution in [2.75, 3.05) is 20.3 Å². The van der Waals surface area contributed by atoms with Gasteiger partial charge in [0.25, 0.3) is 15.9 Å². The van der Waals surface area contributed by atoms with Crippen LogP contribution in [0.2, 0.25) is 0 Å². The van der Waals surface area contributed by atoms with Crippen LogP contribution in [0.15, 0.2) is 29.2 Å². The fraction of sp³-hybridized carbons (Fsp3) is 0.500. The Balaban J connectivity index is 1.87. The van der Waals surface area contributed by atoms with Gasteiger partial charge in [-0.3, -0.25) is 9.63 Å². The average Bonchev–Trinajstić information content (AvgIpc) is 3.00. The molecule has 1 amide bonds. The molecule has 22 heavy (non-hydrogen) atoms. The van der Waals surface area contributed by atoms with E-state index in [-0.39, 0.29) is 16.9 Å². The van der Waals surface area contributed by atoms with Gasteiger partial charge in [0.15, 0.2) is 0 Å². The first-order valence-electron chi connectivity index (χ1n) is 7.07. The van der Waals surface area contributed by atoms with Gasteiger partial charge in [-0.2, -0.15) is 0 Å². The van der Waals surface area contributed by atoms with E-state index in [0.717, 1.165) is 25.9 Å². The molecule has 1 aliphatic rings. The number of carbonyl (C=O) groups excluding carboxylic acids is 1. The Labute approximate surface area is 130 Å². The van der Waals surface area contributed by atoms with Crippen molar-refractivity contribution in [2.24, 2.45) is 0 Å². The lowest BCUT2D eigenvalue weighted by molar-refractivity contribution is 0.0907. The van der Waals surface area contributed by atoms with Crippen LogP contribution in [0.25, 0.3) is 0 Å². The molecule has 0 aromatic heterocycles. The van der Waals surface area contributed by atoms with Crippen molar-refractivity contribution in [2.45, 2.75) is 30.3 Å². The molecule has 0 radical (unpaired) electrons. The first-order chi connectivity index (χ1) is 10.5. The third-order valence-corrected chi connectivity index (χ3v) is 4.67. The van der Waals surface area contributed by atoms with Crippen LogP contribution in [0.5, 0.6) is 0 Å². The fourth-order valence-electron chi connectivity index (χ4n) is 2.26.